The number of aromatic carboxylic acids is 1. The number of halogens is 2. The molecule has 0 heterocycles. The summed E-state index contributed by atoms with van der Waals surface area (Å²) in [5.74, 6) is -3.07. The largest absolute Gasteiger partial charge is 0.478 e. The number of carboxylic acid groups (broad SMARTS) is 1. The van der Waals surface area contributed by atoms with Crippen LogP contribution in [-0.4, -0.2) is 25.2 Å². The molecular formula is C12H12BrFO4S. The molecule has 104 valence electrons. The second-order valence-electron chi connectivity index (χ2n) is 4.10. The third kappa shape index (κ3) is 3.87. The lowest BCUT2D eigenvalue weighted by Crippen LogP contribution is -2.12. The Morgan fingerprint density at radius 2 is 2.05 bits per heavy atom. The summed E-state index contributed by atoms with van der Waals surface area (Å²) in [5, 5.41) is 8.83. The van der Waals surface area contributed by atoms with Gasteiger partial charge in [-0.25, -0.2) is 17.6 Å². The van der Waals surface area contributed by atoms with Gasteiger partial charge < -0.3 is 5.11 Å². The van der Waals surface area contributed by atoms with Crippen molar-refractivity contribution in [1.29, 1.82) is 0 Å². The van der Waals surface area contributed by atoms with Crippen LogP contribution in [-0.2, 0) is 9.84 Å². The van der Waals surface area contributed by atoms with Crippen molar-refractivity contribution in [2.45, 2.75) is 18.2 Å². The zero-order chi connectivity index (χ0) is 14.8. The van der Waals surface area contributed by atoms with Crippen molar-refractivity contribution >= 4 is 31.7 Å². The molecule has 0 saturated heterocycles. The molecule has 19 heavy (non-hydrogen) atoms. The van der Waals surface area contributed by atoms with Crippen LogP contribution in [0, 0.1) is 5.82 Å². The first-order chi connectivity index (χ1) is 8.65. The molecule has 0 fully saturated rings. The van der Waals surface area contributed by atoms with E-state index >= 15 is 0 Å². The summed E-state index contributed by atoms with van der Waals surface area (Å²) in [6.07, 6.45) is 0.191. The van der Waals surface area contributed by atoms with E-state index in [9.17, 15) is 17.6 Å². The zero-order valence-corrected chi connectivity index (χ0v) is 12.5. The first kappa shape index (κ1) is 15.8. The molecule has 0 bridgehead atoms. The van der Waals surface area contributed by atoms with Crippen LogP contribution >= 0.6 is 15.9 Å². The monoisotopic (exact) mass is 350 g/mol. The van der Waals surface area contributed by atoms with E-state index in [2.05, 4.69) is 22.5 Å². The number of allylic oxidation sites excluding steroid dienone is 1. The minimum atomic E-state index is -3.89. The third-order valence-corrected chi connectivity index (χ3v) is 4.53. The fourth-order valence-electron chi connectivity index (χ4n) is 1.36. The highest BCUT2D eigenvalue weighted by atomic mass is 79.9. The molecule has 0 atom stereocenters. The van der Waals surface area contributed by atoms with Gasteiger partial charge in [0.05, 0.1) is 11.3 Å². The van der Waals surface area contributed by atoms with E-state index in [1.807, 2.05) is 0 Å². The van der Waals surface area contributed by atoms with Crippen LogP contribution in [0.5, 0.6) is 0 Å². The number of benzene rings is 1. The van der Waals surface area contributed by atoms with E-state index in [0.29, 0.717) is 5.57 Å². The summed E-state index contributed by atoms with van der Waals surface area (Å²) in [6, 6.07) is 2.09. The zero-order valence-electron chi connectivity index (χ0n) is 10.1. The molecule has 0 aliphatic rings. The maximum atomic E-state index is 13.9. The van der Waals surface area contributed by atoms with Crippen molar-refractivity contribution in [2.75, 3.05) is 5.75 Å². The Kier molecular flexibility index (Phi) is 4.86. The molecule has 0 saturated carbocycles. The van der Waals surface area contributed by atoms with E-state index < -0.39 is 32.1 Å². The van der Waals surface area contributed by atoms with Gasteiger partial charge in [-0.3, -0.25) is 0 Å². The SMILES string of the molecule is C=C(C)CCS(=O)(=O)c1cc(Br)cc(C(=O)O)c1F. The van der Waals surface area contributed by atoms with E-state index in [4.69, 9.17) is 5.11 Å². The van der Waals surface area contributed by atoms with Gasteiger partial charge in [-0.1, -0.05) is 21.5 Å². The lowest BCUT2D eigenvalue weighted by Gasteiger charge is -2.08. The average molecular weight is 351 g/mol. The van der Waals surface area contributed by atoms with Gasteiger partial charge in [-0.05, 0) is 25.5 Å². The van der Waals surface area contributed by atoms with Crippen molar-refractivity contribution in [2.24, 2.45) is 0 Å². The molecule has 0 aromatic heterocycles. The van der Waals surface area contributed by atoms with E-state index in [0.717, 1.165) is 12.1 Å². The second kappa shape index (κ2) is 5.83. The van der Waals surface area contributed by atoms with Gasteiger partial charge in [0.2, 0.25) is 0 Å². The lowest BCUT2D eigenvalue weighted by atomic mass is 10.2. The number of carbonyl (C=O) groups is 1. The minimum Gasteiger partial charge on any atom is -0.478 e. The van der Waals surface area contributed by atoms with E-state index in [1.54, 1.807) is 6.92 Å². The minimum absolute atomic E-state index is 0.191. The molecule has 0 unspecified atom stereocenters. The van der Waals surface area contributed by atoms with Gasteiger partial charge in [-0.15, -0.1) is 6.58 Å². The van der Waals surface area contributed by atoms with Gasteiger partial charge in [0.25, 0.3) is 0 Å². The standard InChI is InChI=1S/C12H12BrFO4S/c1-7(2)3-4-19(17,18)10-6-8(13)5-9(11(10)14)12(15)16/h5-6H,1,3-4H2,2H3,(H,15,16). The summed E-state index contributed by atoms with van der Waals surface area (Å²) in [4.78, 5) is 10.2. The fraction of sp³-hybridized carbons (Fsp3) is 0.250. The molecule has 4 nitrogen and oxygen atoms in total. The predicted molar refractivity (Wildman–Crippen MR) is 72.5 cm³/mol. The average Bonchev–Trinajstić information content (AvgIpc) is 2.28. The first-order valence-electron chi connectivity index (χ1n) is 5.24. The third-order valence-electron chi connectivity index (χ3n) is 2.37. The van der Waals surface area contributed by atoms with E-state index in [-0.39, 0.29) is 16.6 Å². The predicted octanol–water partition coefficient (Wildman–Crippen LogP) is 3.03. The van der Waals surface area contributed by atoms with Crippen molar-refractivity contribution in [1.82, 2.24) is 0 Å². The van der Waals surface area contributed by atoms with Gasteiger partial charge in [0.15, 0.2) is 15.7 Å². The normalized spacial score (nSPS) is 11.3. The van der Waals surface area contributed by atoms with Crippen molar-refractivity contribution in [3.63, 3.8) is 0 Å². The Morgan fingerprint density at radius 1 is 1.47 bits per heavy atom. The summed E-state index contributed by atoms with van der Waals surface area (Å²) < 4.78 is 38.1. The molecule has 0 aliphatic heterocycles. The second-order valence-corrected chi connectivity index (χ2v) is 7.09. The number of hydrogen-bond acceptors (Lipinski definition) is 3. The number of sulfone groups is 1. The van der Waals surface area contributed by atoms with Crippen LogP contribution in [0.3, 0.4) is 0 Å². The molecule has 0 aliphatic carbocycles. The van der Waals surface area contributed by atoms with Crippen LogP contribution in [0.2, 0.25) is 0 Å². The molecule has 1 aromatic rings. The maximum Gasteiger partial charge on any atom is 0.338 e. The maximum absolute atomic E-state index is 13.9. The molecular weight excluding hydrogens is 339 g/mol. The Morgan fingerprint density at radius 3 is 2.53 bits per heavy atom. The Balaban J connectivity index is 3.34. The molecule has 0 spiro atoms. The topological polar surface area (TPSA) is 71.4 Å². The van der Waals surface area contributed by atoms with Crippen LogP contribution in [0.15, 0.2) is 33.7 Å². The number of rotatable bonds is 5. The Hall–Kier alpha value is -1.21. The Bertz CT molecular complexity index is 637. The molecule has 1 N–H and O–H groups in total. The highest BCUT2D eigenvalue weighted by Gasteiger charge is 2.24. The number of hydrogen-bond donors (Lipinski definition) is 1. The molecule has 7 heteroatoms. The van der Waals surface area contributed by atoms with Crippen LogP contribution in [0.4, 0.5) is 4.39 Å². The quantitative estimate of drug-likeness (QED) is 0.828. The van der Waals surface area contributed by atoms with E-state index in [1.165, 1.54) is 0 Å². The highest BCUT2D eigenvalue weighted by molar-refractivity contribution is 9.10. The summed E-state index contributed by atoms with van der Waals surface area (Å²) >= 11 is 2.98. The lowest BCUT2D eigenvalue weighted by molar-refractivity contribution is 0.0691. The fourth-order valence-corrected chi connectivity index (χ4v) is 3.50. The highest BCUT2D eigenvalue weighted by Crippen LogP contribution is 2.25. The molecule has 0 amide bonds. The Labute approximate surface area is 119 Å². The first-order valence-corrected chi connectivity index (χ1v) is 7.69. The summed E-state index contributed by atoms with van der Waals surface area (Å²) in [6.45, 7) is 5.24. The van der Waals surface area contributed by atoms with Crippen LogP contribution < -0.4 is 0 Å². The molecule has 1 aromatic carbocycles. The van der Waals surface area contributed by atoms with Gasteiger partial charge in [-0.2, -0.15) is 0 Å². The van der Waals surface area contributed by atoms with Crippen LogP contribution in [0.1, 0.15) is 23.7 Å². The summed E-state index contributed by atoms with van der Waals surface area (Å²) in [5.41, 5.74) is -0.0271. The smallest absolute Gasteiger partial charge is 0.338 e. The van der Waals surface area contributed by atoms with Crippen LogP contribution in [0.25, 0.3) is 0 Å². The van der Waals surface area contributed by atoms with Gasteiger partial charge in [0.1, 0.15) is 4.90 Å². The van der Waals surface area contributed by atoms with Crippen molar-refractivity contribution in [3.05, 3.63) is 40.1 Å². The van der Waals surface area contributed by atoms with Gasteiger partial charge in [0, 0.05) is 4.47 Å². The van der Waals surface area contributed by atoms with Crippen molar-refractivity contribution < 1.29 is 22.7 Å². The molecule has 0 radical (unpaired) electrons. The van der Waals surface area contributed by atoms with Gasteiger partial charge >= 0.3 is 5.97 Å². The number of carboxylic acids is 1. The molecule has 1 rings (SSSR count). The van der Waals surface area contributed by atoms with Crippen molar-refractivity contribution in [3.8, 4) is 0 Å². The summed E-state index contributed by atoms with van der Waals surface area (Å²) in [7, 11) is -3.89.